The number of aromatic nitrogens is 6. The molecule has 1 N–H and O–H groups in total. The zero-order valence-corrected chi connectivity index (χ0v) is 27.3. The quantitative estimate of drug-likeness (QED) is 0.188. The van der Waals surface area contributed by atoms with E-state index in [2.05, 4.69) is 50.7 Å². The Morgan fingerprint density at radius 3 is 2.44 bits per heavy atom. The number of benzene rings is 3. The molecule has 0 bridgehead atoms. The standard InChI is InChI=1S/C39H38N8O/c1-46-25-43-34-17-16-31(19-35(34)46)38-32(20-40)22-41-36(45-38)18-26-8-10-29(11-9-26)37(39(48)42-21-27-6-4-3-5-7-27)30-14-12-28(13-15-30)33-23-44-47(2)24-33/h3-7,12-17,19,22-26,29,37H,8-11,18,21H2,1-2H3,(H,42,48). The predicted octanol–water partition coefficient (Wildman–Crippen LogP) is 6.75. The van der Waals surface area contributed by atoms with Crippen LogP contribution in [0, 0.1) is 23.2 Å². The lowest BCUT2D eigenvalue weighted by Crippen LogP contribution is -2.35. The summed E-state index contributed by atoms with van der Waals surface area (Å²) in [5, 5.41) is 17.4. The first kappa shape index (κ1) is 31.0. The number of nitrogens with zero attached hydrogens (tertiary/aromatic N) is 7. The smallest absolute Gasteiger partial charge is 0.228 e. The van der Waals surface area contributed by atoms with E-state index in [0.29, 0.717) is 23.7 Å². The van der Waals surface area contributed by atoms with E-state index >= 15 is 0 Å². The van der Waals surface area contributed by atoms with Crippen molar-refractivity contribution in [2.45, 2.75) is 44.6 Å². The number of fused-ring (bicyclic) bond motifs is 1. The zero-order valence-electron chi connectivity index (χ0n) is 27.3. The number of hydrogen-bond donors (Lipinski definition) is 1. The molecular weight excluding hydrogens is 596 g/mol. The van der Waals surface area contributed by atoms with Crippen LogP contribution in [0.3, 0.4) is 0 Å². The first-order valence-electron chi connectivity index (χ1n) is 16.5. The molecule has 48 heavy (non-hydrogen) atoms. The van der Waals surface area contributed by atoms with Gasteiger partial charge in [-0.15, -0.1) is 0 Å². The number of amides is 1. The van der Waals surface area contributed by atoms with Crippen LogP contribution >= 0.6 is 0 Å². The van der Waals surface area contributed by atoms with Crippen molar-refractivity contribution < 1.29 is 4.79 Å². The van der Waals surface area contributed by atoms with Gasteiger partial charge in [-0.2, -0.15) is 10.4 Å². The van der Waals surface area contributed by atoms with Crippen LogP contribution in [-0.4, -0.2) is 35.2 Å². The highest BCUT2D eigenvalue weighted by Crippen LogP contribution is 2.40. The van der Waals surface area contributed by atoms with Gasteiger partial charge < -0.3 is 9.88 Å². The summed E-state index contributed by atoms with van der Waals surface area (Å²) in [7, 11) is 3.87. The third-order valence-corrected chi connectivity index (χ3v) is 9.69. The van der Waals surface area contributed by atoms with E-state index < -0.39 is 0 Å². The lowest BCUT2D eigenvalue weighted by Gasteiger charge is -2.33. The first-order valence-corrected chi connectivity index (χ1v) is 16.5. The number of carbonyl (C=O) groups excluding carboxylic acids is 1. The summed E-state index contributed by atoms with van der Waals surface area (Å²) >= 11 is 0. The number of carbonyl (C=O) groups is 1. The molecule has 1 fully saturated rings. The summed E-state index contributed by atoms with van der Waals surface area (Å²) < 4.78 is 3.77. The Balaban J connectivity index is 1.07. The van der Waals surface area contributed by atoms with Gasteiger partial charge in [-0.05, 0) is 66.3 Å². The van der Waals surface area contributed by atoms with E-state index in [9.17, 15) is 10.1 Å². The number of hydrogen-bond acceptors (Lipinski definition) is 6. The van der Waals surface area contributed by atoms with E-state index in [0.717, 1.165) is 76.8 Å². The van der Waals surface area contributed by atoms with Gasteiger partial charge in [0.15, 0.2) is 0 Å². The summed E-state index contributed by atoms with van der Waals surface area (Å²) in [6.07, 6.45) is 11.9. The van der Waals surface area contributed by atoms with Gasteiger partial charge in [0.1, 0.15) is 11.9 Å². The second kappa shape index (κ2) is 13.6. The minimum Gasteiger partial charge on any atom is -0.351 e. The molecule has 6 aromatic rings. The molecule has 7 rings (SSSR count). The molecular formula is C39H38N8O. The summed E-state index contributed by atoms with van der Waals surface area (Å²) in [5.74, 6) is 1.21. The average Bonchev–Trinajstić information content (AvgIpc) is 3.73. The summed E-state index contributed by atoms with van der Waals surface area (Å²) in [6, 6.07) is 26.7. The Kier molecular flexibility index (Phi) is 8.80. The van der Waals surface area contributed by atoms with Crippen LogP contribution in [0.2, 0.25) is 0 Å². The van der Waals surface area contributed by atoms with Crippen LogP contribution in [0.1, 0.15) is 54.1 Å². The molecule has 0 radical (unpaired) electrons. The van der Waals surface area contributed by atoms with E-state index in [1.165, 1.54) is 0 Å². The Morgan fingerprint density at radius 2 is 1.71 bits per heavy atom. The van der Waals surface area contributed by atoms with E-state index in [-0.39, 0.29) is 17.7 Å². The number of aryl methyl sites for hydroxylation is 2. The lowest BCUT2D eigenvalue weighted by molar-refractivity contribution is -0.124. The molecule has 3 heterocycles. The highest BCUT2D eigenvalue weighted by atomic mass is 16.1. The largest absolute Gasteiger partial charge is 0.351 e. The van der Waals surface area contributed by atoms with Gasteiger partial charge in [0, 0.05) is 50.6 Å². The van der Waals surface area contributed by atoms with Crippen molar-refractivity contribution in [1.29, 1.82) is 5.26 Å². The lowest BCUT2D eigenvalue weighted by atomic mass is 9.72. The average molecular weight is 635 g/mol. The monoisotopic (exact) mass is 634 g/mol. The third kappa shape index (κ3) is 6.60. The van der Waals surface area contributed by atoms with Gasteiger partial charge in [-0.25, -0.2) is 15.0 Å². The fraction of sp³-hybridized carbons (Fsp3) is 0.282. The first-order chi connectivity index (χ1) is 23.4. The Hall–Kier alpha value is -5.62. The van der Waals surface area contributed by atoms with Gasteiger partial charge in [0.25, 0.3) is 0 Å². The van der Waals surface area contributed by atoms with Crippen LogP contribution < -0.4 is 5.32 Å². The van der Waals surface area contributed by atoms with Crippen LogP contribution in [-0.2, 0) is 31.9 Å². The minimum absolute atomic E-state index is 0.0712. The molecule has 0 aliphatic heterocycles. The molecule has 3 aromatic heterocycles. The highest BCUT2D eigenvalue weighted by molar-refractivity contribution is 5.84. The summed E-state index contributed by atoms with van der Waals surface area (Å²) in [5.41, 5.74) is 8.16. The maximum absolute atomic E-state index is 13.9. The van der Waals surface area contributed by atoms with E-state index in [4.69, 9.17) is 4.98 Å². The van der Waals surface area contributed by atoms with Crippen molar-refractivity contribution in [3.63, 3.8) is 0 Å². The number of rotatable bonds is 9. The van der Waals surface area contributed by atoms with Crippen molar-refractivity contribution in [2.24, 2.45) is 25.9 Å². The highest BCUT2D eigenvalue weighted by Gasteiger charge is 2.33. The molecule has 9 nitrogen and oxygen atoms in total. The molecule has 0 spiro atoms. The molecule has 1 unspecified atom stereocenters. The van der Waals surface area contributed by atoms with E-state index in [1.807, 2.05) is 79.6 Å². The molecule has 0 saturated heterocycles. The molecule has 1 aliphatic rings. The topological polar surface area (TPSA) is 114 Å². The SMILES string of the molecule is Cn1cc(-c2ccc(C(C(=O)NCc3ccccc3)C3CCC(Cc4ncc(C#N)c(-c5ccc6ncn(C)c6c5)n4)CC3)cc2)cn1. The van der Waals surface area contributed by atoms with Gasteiger partial charge in [-0.3, -0.25) is 9.48 Å². The summed E-state index contributed by atoms with van der Waals surface area (Å²) in [6.45, 7) is 0.505. The van der Waals surface area contributed by atoms with Crippen LogP contribution in [0.25, 0.3) is 33.4 Å². The second-order valence-corrected chi connectivity index (χ2v) is 12.9. The Labute approximate surface area is 280 Å². The van der Waals surface area contributed by atoms with Gasteiger partial charge in [-0.1, -0.05) is 60.7 Å². The molecule has 1 amide bonds. The van der Waals surface area contributed by atoms with Crippen molar-refractivity contribution in [3.8, 4) is 28.5 Å². The molecule has 1 saturated carbocycles. The number of imidazole rings is 1. The predicted molar refractivity (Wildman–Crippen MR) is 185 cm³/mol. The van der Waals surface area contributed by atoms with Crippen molar-refractivity contribution >= 4 is 16.9 Å². The molecule has 1 atom stereocenters. The normalized spacial score (nSPS) is 16.8. The maximum Gasteiger partial charge on any atom is 0.228 e. The molecule has 9 heteroatoms. The fourth-order valence-corrected chi connectivity index (χ4v) is 7.06. The Morgan fingerprint density at radius 1 is 0.938 bits per heavy atom. The van der Waals surface area contributed by atoms with Crippen molar-refractivity contribution in [1.82, 2.24) is 34.6 Å². The minimum atomic E-state index is -0.239. The number of nitriles is 1. The zero-order chi connectivity index (χ0) is 33.0. The third-order valence-electron chi connectivity index (χ3n) is 9.69. The molecule has 240 valence electrons. The van der Waals surface area contributed by atoms with Crippen LogP contribution in [0.4, 0.5) is 0 Å². The molecule has 3 aromatic carbocycles. The van der Waals surface area contributed by atoms with Gasteiger partial charge in [0.05, 0.1) is 40.7 Å². The number of nitrogens with one attached hydrogen (secondary N) is 1. The van der Waals surface area contributed by atoms with Gasteiger partial charge in [0.2, 0.25) is 5.91 Å². The Bertz CT molecular complexity index is 2080. The fourth-order valence-electron chi connectivity index (χ4n) is 7.06. The maximum atomic E-state index is 13.9. The van der Waals surface area contributed by atoms with E-state index in [1.54, 1.807) is 17.2 Å². The van der Waals surface area contributed by atoms with Crippen molar-refractivity contribution in [2.75, 3.05) is 0 Å². The molecule has 1 aliphatic carbocycles. The summed E-state index contributed by atoms with van der Waals surface area (Å²) in [4.78, 5) is 27.8. The second-order valence-electron chi connectivity index (χ2n) is 12.9. The van der Waals surface area contributed by atoms with Crippen molar-refractivity contribution in [3.05, 3.63) is 120 Å². The van der Waals surface area contributed by atoms with Crippen LogP contribution in [0.15, 0.2) is 97.7 Å². The van der Waals surface area contributed by atoms with Gasteiger partial charge >= 0.3 is 0 Å². The van der Waals surface area contributed by atoms with Crippen LogP contribution in [0.5, 0.6) is 0 Å².